The minimum atomic E-state index is -0.275. The molecule has 1 fully saturated rings. The Bertz CT molecular complexity index is 1370. The number of hydrogen-bond acceptors (Lipinski definition) is 6. The maximum atomic E-state index is 13.2. The first kappa shape index (κ1) is 20.4. The fourth-order valence-electron chi connectivity index (χ4n) is 4.06. The first-order chi connectivity index (χ1) is 15.5. The quantitative estimate of drug-likeness (QED) is 0.369. The molecule has 5 rings (SSSR count). The number of anilines is 1. The summed E-state index contributed by atoms with van der Waals surface area (Å²) < 4.78 is 2.20. The van der Waals surface area contributed by atoms with Crippen LogP contribution in [-0.4, -0.2) is 37.9 Å². The number of aromatic nitrogens is 3. The Balaban J connectivity index is 1.66. The van der Waals surface area contributed by atoms with Gasteiger partial charge < -0.3 is 16.2 Å². The SMILES string of the molecule is Nc1c(C(=O)NC2CCCC2)c2nc3ccccc3nc2n1/N=C\c1cc(Br)ccc1O. The number of phenols is 1. The molecule has 0 saturated heterocycles. The van der Waals surface area contributed by atoms with Crippen LogP contribution in [0, 0.1) is 0 Å². The van der Waals surface area contributed by atoms with Crippen LogP contribution in [0.5, 0.6) is 5.75 Å². The van der Waals surface area contributed by atoms with Crippen LogP contribution >= 0.6 is 15.9 Å². The van der Waals surface area contributed by atoms with Crippen LogP contribution in [0.3, 0.4) is 0 Å². The van der Waals surface area contributed by atoms with Crippen molar-refractivity contribution in [2.24, 2.45) is 5.10 Å². The minimum absolute atomic E-state index is 0.0720. The van der Waals surface area contributed by atoms with E-state index in [-0.39, 0.29) is 29.1 Å². The van der Waals surface area contributed by atoms with Crippen molar-refractivity contribution in [2.75, 3.05) is 5.73 Å². The van der Waals surface area contributed by atoms with Crippen LogP contribution in [0.25, 0.3) is 22.2 Å². The zero-order valence-electron chi connectivity index (χ0n) is 17.1. The third-order valence-corrected chi connectivity index (χ3v) is 6.19. The molecule has 162 valence electrons. The summed E-state index contributed by atoms with van der Waals surface area (Å²) >= 11 is 3.39. The van der Waals surface area contributed by atoms with Crippen LogP contribution in [0.2, 0.25) is 0 Å². The molecule has 0 spiro atoms. The van der Waals surface area contributed by atoms with Gasteiger partial charge in [-0.05, 0) is 43.2 Å². The van der Waals surface area contributed by atoms with Gasteiger partial charge in [0.2, 0.25) is 0 Å². The van der Waals surface area contributed by atoms with Gasteiger partial charge in [-0.3, -0.25) is 4.79 Å². The van der Waals surface area contributed by atoms with E-state index in [1.54, 1.807) is 18.2 Å². The summed E-state index contributed by atoms with van der Waals surface area (Å²) in [5.74, 6) is -0.0532. The molecular formula is C23H21BrN6O2. The van der Waals surface area contributed by atoms with E-state index in [0.717, 1.165) is 30.2 Å². The van der Waals surface area contributed by atoms with Crippen molar-refractivity contribution in [3.8, 4) is 5.75 Å². The Morgan fingerprint density at radius 3 is 2.66 bits per heavy atom. The number of para-hydroxylation sites is 2. The zero-order chi connectivity index (χ0) is 22.2. The van der Waals surface area contributed by atoms with Gasteiger partial charge in [-0.2, -0.15) is 9.78 Å². The Kier molecular flexibility index (Phi) is 5.26. The number of benzene rings is 2. The smallest absolute Gasteiger partial charge is 0.257 e. The van der Waals surface area contributed by atoms with E-state index in [1.807, 2.05) is 24.3 Å². The summed E-state index contributed by atoms with van der Waals surface area (Å²) in [6, 6.07) is 12.6. The lowest BCUT2D eigenvalue weighted by molar-refractivity contribution is 0.0940. The van der Waals surface area contributed by atoms with Crippen LogP contribution in [0.1, 0.15) is 41.6 Å². The molecule has 2 aromatic carbocycles. The van der Waals surface area contributed by atoms with Crippen LogP contribution in [0.15, 0.2) is 52.0 Å². The summed E-state index contributed by atoms with van der Waals surface area (Å²) in [6.45, 7) is 0. The van der Waals surface area contributed by atoms with Gasteiger partial charge in [-0.25, -0.2) is 9.97 Å². The van der Waals surface area contributed by atoms with E-state index in [2.05, 4.69) is 36.3 Å². The lowest BCUT2D eigenvalue weighted by atomic mass is 10.2. The van der Waals surface area contributed by atoms with E-state index in [0.29, 0.717) is 27.8 Å². The second kappa shape index (κ2) is 8.23. The van der Waals surface area contributed by atoms with Gasteiger partial charge in [-0.1, -0.05) is 40.9 Å². The summed E-state index contributed by atoms with van der Waals surface area (Å²) in [5, 5.41) is 17.7. The Hall–Kier alpha value is -3.46. The number of halogens is 1. The number of carbonyl (C=O) groups is 1. The highest BCUT2D eigenvalue weighted by molar-refractivity contribution is 9.10. The summed E-state index contributed by atoms with van der Waals surface area (Å²) in [6.07, 6.45) is 5.60. The highest BCUT2D eigenvalue weighted by atomic mass is 79.9. The standard InChI is InChI=1S/C23H21BrN6O2/c24-14-9-10-18(31)13(11-14)12-26-30-21(25)19(23(32)27-15-5-1-2-6-15)20-22(30)29-17-8-4-3-7-16(17)28-20/h3-4,7-12,15,31H,1-2,5-6,25H2,(H,27,32)/b26-12-. The van der Waals surface area contributed by atoms with Crippen molar-refractivity contribution in [3.05, 3.63) is 58.1 Å². The summed E-state index contributed by atoms with van der Waals surface area (Å²) in [4.78, 5) is 22.6. The summed E-state index contributed by atoms with van der Waals surface area (Å²) in [5.41, 5.74) is 9.29. The molecule has 1 amide bonds. The number of nitrogens with zero attached hydrogens (tertiary/aromatic N) is 4. The number of carbonyl (C=O) groups excluding carboxylic acids is 1. The highest BCUT2D eigenvalue weighted by Crippen LogP contribution is 2.29. The normalized spacial score (nSPS) is 14.7. The van der Waals surface area contributed by atoms with Crippen molar-refractivity contribution in [2.45, 2.75) is 31.7 Å². The highest BCUT2D eigenvalue weighted by Gasteiger charge is 2.26. The first-order valence-electron chi connectivity index (χ1n) is 10.4. The Morgan fingerprint density at radius 2 is 1.91 bits per heavy atom. The van der Waals surface area contributed by atoms with Gasteiger partial charge in [0.1, 0.15) is 22.6 Å². The molecule has 8 nitrogen and oxygen atoms in total. The van der Waals surface area contributed by atoms with E-state index in [1.165, 1.54) is 10.9 Å². The van der Waals surface area contributed by atoms with Gasteiger partial charge in [0.25, 0.3) is 5.91 Å². The monoisotopic (exact) mass is 492 g/mol. The maximum absolute atomic E-state index is 13.2. The van der Waals surface area contributed by atoms with Crippen molar-refractivity contribution in [1.82, 2.24) is 20.0 Å². The molecule has 0 atom stereocenters. The molecule has 2 heterocycles. The Labute approximate surface area is 192 Å². The molecule has 1 aliphatic carbocycles. The number of hydrogen-bond donors (Lipinski definition) is 3. The minimum Gasteiger partial charge on any atom is -0.507 e. The van der Waals surface area contributed by atoms with Gasteiger partial charge in [-0.15, -0.1) is 0 Å². The van der Waals surface area contributed by atoms with Gasteiger partial charge in [0.05, 0.1) is 17.2 Å². The van der Waals surface area contributed by atoms with E-state index in [4.69, 9.17) is 5.73 Å². The Morgan fingerprint density at radius 1 is 1.19 bits per heavy atom. The molecule has 9 heteroatoms. The molecule has 0 radical (unpaired) electrons. The number of fused-ring (bicyclic) bond motifs is 2. The third kappa shape index (κ3) is 3.69. The second-order valence-corrected chi connectivity index (χ2v) is 8.77. The van der Waals surface area contributed by atoms with Crippen molar-refractivity contribution < 1.29 is 9.90 Å². The lowest BCUT2D eigenvalue weighted by Crippen LogP contribution is -2.33. The first-order valence-corrected chi connectivity index (χ1v) is 11.2. The molecule has 32 heavy (non-hydrogen) atoms. The number of phenolic OH excluding ortho intramolecular Hbond substituents is 1. The van der Waals surface area contributed by atoms with Crippen molar-refractivity contribution in [1.29, 1.82) is 0 Å². The summed E-state index contributed by atoms with van der Waals surface area (Å²) in [7, 11) is 0. The number of amides is 1. The lowest BCUT2D eigenvalue weighted by Gasteiger charge is -2.11. The van der Waals surface area contributed by atoms with Crippen LogP contribution < -0.4 is 11.1 Å². The molecule has 0 aliphatic heterocycles. The second-order valence-electron chi connectivity index (χ2n) is 7.86. The zero-order valence-corrected chi connectivity index (χ0v) is 18.7. The number of aromatic hydroxyl groups is 1. The molecule has 4 N–H and O–H groups in total. The molecule has 1 aliphatic rings. The van der Waals surface area contributed by atoms with E-state index in [9.17, 15) is 9.90 Å². The number of nitrogens with one attached hydrogen (secondary N) is 1. The van der Waals surface area contributed by atoms with Gasteiger partial charge >= 0.3 is 0 Å². The van der Waals surface area contributed by atoms with Gasteiger partial charge in [0.15, 0.2) is 5.65 Å². The van der Waals surface area contributed by atoms with E-state index >= 15 is 0 Å². The van der Waals surface area contributed by atoms with Crippen molar-refractivity contribution in [3.63, 3.8) is 0 Å². The van der Waals surface area contributed by atoms with Crippen LogP contribution in [-0.2, 0) is 0 Å². The fraction of sp³-hybridized carbons (Fsp3) is 0.217. The molecule has 4 aromatic rings. The average molecular weight is 493 g/mol. The van der Waals surface area contributed by atoms with Crippen LogP contribution in [0.4, 0.5) is 5.82 Å². The topological polar surface area (TPSA) is 118 Å². The van der Waals surface area contributed by atoms with Crippen molar-refractivity contribution >= 4 is 56.1 Å². The van der Waals surface area contributed by atoms with E-state index < -0.39 is 0 Å². The number of rotatable bonds is 4. The number of nitrogen functional groups attached to an aromatic ring is 1. The molecule has 0 unspecified atom stereocenters. The largest absolute Gasteiger partial charge is 0.507 e. The predicted molar refractivity (Wildman–Crippen MR) is 128 cm³/mol. The maximum Gasteiger partial charge on any atom is 0.257 e. The third-order valence-electron chi connectivity index (χ3n) is 5.69. The molecular weight excluding hydrogens is 472 g/mol. The average Bonchev–Trinajstić information content (AvgIpc) is 3.38. The van der Waals surface area contributed by atoms with Gasteiger partial charge in [0, 0.05) is 16.1 Å². The molecule has 2 aromatic heterocycles. The molecule has 1 saturated carbocycles. The predicted octanol–water partition coefficient (Wildman–Crippen LogP) is 4.19. The number of nitrogens with two attached hydrogens (primary N) is 1. The molecule has 0 bridgehead atoms. The fourth-order valence-corrected chi connectivity index (χ4v) is 4.44.